The van der Waals surface area contributed by atoms with Gasteiger partial charge in [-0.1, -0.05) is 35.9 Å². The van der Waals surface area contributed by atoms with Crippen molar-refractivity contribution in [1.29, 1.82) is 0 Å². The average Bonchev–Trinajstić information content (AvgIpc) is 2.57. The highest BCUT2D eigenvalue weighted by molar-refractivity contribution is 7.98. The highest BCUT2D eigenvalue weighted by Crippen LogP contribution is 2.20. The van der Waals surface area contributed by atoms with Crippen molar-refractivity contribution in [2.24, 2.45) is 0 Å². The van der Waals surface area contributed by atoms with Crippen molar-refractivity contribution in [3.8, 4) is 5.75 Å². The van der Waals surface area contributed by atoms with E-state index in [-0.39, 0.29) is 12.5 Å². The molecule has 0 spiro atoms. The van der Waals surface area contributed by atoms with Crippen LogP contribution in [0.2, 0.25) is 5.02 Å². The van der Waals surface area contributed by atoms with Crippen molar-refractivity contribution < 1.29 is 9.53 Å². The molecule has 0 heterocycles. The number of nitrogens with one attached hydrogen (secondary N) is 1. The molecule has 5 heteroatoms. The number of carbonyl (C=O) groups excluding carboxylic acids is 1. The number of rotatable bonds is 8. The first kappa shape index (κ1) is 18.7. The van der Waals surface area contributed by atoms with Crippen LogP contribution in [-0.2, 0) is 10.5 Å². The van der Waals surface area contributed by atoms with Gasteiger partial charge < -0.3 is 10.1 Å². The van der Waals surface area contributed by atoms with Gasteiger partial charge in [-0.2, -0.15) is 11.8 Å². The van der Waals surface area contributed by atoms with E-state index in [2.05, 4.69) is 5.32 Å². The summed E-state index contributed by atoms with van der Waals surface area (Å²) < 4.78 is 5.51. The Labute approximate surface area is 152 Å². The number of benzene rings is 2. The fourth-order valence-electron chi connectivity index (χ4n) is 2.06. The van der Waals surface area contributed by atoms with Crippen LogP contribution < -0.4 is 10.1 Å². The maximum atomic E-state index is 11.8. The van der Waals surface area contributed by atoms with Gasteiger partial charge in [-0.3, -0.25) is 4.79 Å². The monoisotopic (exact) mass is 363 g/mol. The van der Waals surface area contributed by atoms with Crippen molar-refractivity contribution in [3.05, 3.63) is 64.2 Å². The number of thioether (sulfide) groups is 1. The molecule has 0 aromatic heterocycles. The fraction of sp³-hybridized carbons (Fsp3) is 0.316. The topological polar surface area (TPSA) is 38.3 Å². The molecule has 0 saturated carbocycles. The molecule has 2 rings (SSSR count). The zero-order chi connectivity index (χ0) is 17.4. The third-order valence-corrected chi connectivity index (χ3v) is 5.01. The molecule has 1 amide bonds. The lowest BCUT2D eigenvalue weighted by Crippen LogP contribution is -2.30. The Morgan fingerprint density at radius 2 is 1.96 bits per heavy atom. The molecule has 0 aliphatic heterocycles. The Bertz CT molecular complexity index is 691. The summed E-state index contributed by atoms with van der Waals surface area (Å²) >= 11 is 7.85. The second kappa shape index (κ2) is 9.60. The Kier molecular flexibility index (Phi) is 7.47. The van der Waals surface area contributed by atoms with Crippen LogP contribution in [0.15, 0.2) is 42.5 Å². The molecule has 0 unspecified atom stereocenters. The average molecular weight is 364 g/mol. The summed E-state index contributed by atoms with van der Waals surface area (Å²) in [7, 11) is 0. The summed E-state index contributed by atoms with van der Waals surface area (Å²) in [5, 5.41) is 3.65. The molecule has 0 aliphatic carbocycles. The molecule has 0 fully saturated rings. The Balaban J connectivity index is 1.61. The minimum Gasteiger partial charge on any atom is -0.484 e. The Morgan fingerprint density at radius 1 is 1.17 bits per heavy atom. The lowest BCUT2D eigenvalue weighted by molar-refractivity contribution is -0.122. The third-order valence-electron chi connectivity index (χ3n) is 3.63. The molecule has 2 aromatic rings. The van der Waals surface area contributed by atoms with E-state index < -0.39 is 0 Å². The van der Waals surface area contributed by atoms with E-state index in [1.54, 1.807) is 11.8 Å². The maximum absolute atomic E-state index is 11.8. The predicted octanol–water partition coefficient (Wildman–Crippen LogP) is 4.39. The summed E-state index contributed by atoms with van der Waals surface area (Å²) in [4.78, 5) is 11.8. The number of amides is 1. The van der Waals surface area contributed by atoms with Gasteiger partial charge in [-0.15, -0.1) is 0 Å². The smallest absolute Gasteiger partial charge is 0.257 e. The number of hydrogen-bond donors (Lipinski definition) is 1. The zero-order valence-corrected chi connectivity index (χ0v) is 15.5. The van der Waals surface area contributed by atoms with Crippen molar-refractivity contribution >= 4 is 29.3 Å². The van der Waals surface area contributed by atoms with E-state index in [0.29, 0.717) is 6.54 Å². The highest BCUT2D eigenvalue weighted by atomic mass is 35.5. The van der Waals surface area contributed by atoms with Crippen LogP contribution in [0.25, 0.3) is 0 Å². The summed E-state index contributed by atoms with van der Waals surface area (Å²) in [5.74, 6) is 2.29. The van der Waals surface area contributed by atoms with Crippen molar-refractivity contribution in [2.75, 3.05) is 18.9 Å². The molecule has 2 aromatic carbocycles. The van der Waals surface area contributed by atoms with Crippen LogP contribution in [0.1, 0.15) is 16.7 Å². The lowest BCUT2D eigenvalue weighted by atomic mass is 10.1. The van der Waals surface area contributed by atoms with Crippen LogP contribution in [0.3, 0.4) is 0 Å². The van der Waals surface area contributed by atoms with Gasteiger partial charge in [-0.25, -0.2) is 0 Å². The second-order valence-electron chi connectivity index (χ2n) is 5.53. The van der Waals surface area contributed by atoms with Gasteiger partial charge in [-0.05, 0) is 48.7 Å². The number of ether oxygens (including phenoxy) is 1. The number of halogens is 1. The zero-order valence-electron chi connectivity index (χ0n) is 14.0. The molecule has 24 heavy (non-hydrogen) atoms. The molecular formula is C19H22ClNO2S. The predicted molar refractivity (Wildman–Crippen MR) is 102 cm³/mol. The number of carbonyl (C=O) groups is 1. The van der Waals surface area contributed by atoms with E-state index in [1.165, 1.54) is 5.56 Å². The van der Waals surface area contributed by atoms with Gasteiger partial charge in [0.05, 0.1) is 0 Å². The number of hydrogen-bond acceptors (Lipinski definition) is 3. The van der Waals surface area contributed by atoms with Crippen LogP contribution in [0, 0.1) is 13.8 Å². The molecule has 3 nitrogen and oxygen atoms in total. The molecule has 128 valence electrons. The molecule has 0 bridgehead atoms. The molecule has 0 radical (unpaired) electrons. The lowest BCUT2D eigenvalue weighted by Gasteiger charge is -2.09. The third kappa shape index (κ3) is 6.10. The first-order chi connectivity index (χ1) is 11.6. The largest absolute Gasteiger partial charge is 0.484 e. The summed E-state index contributed by atoms with van der Waals surface area (Å²) in [6.45, 7) is 4.73. The SMILES string of the molecule is Cc1ccc(OCC(=O)NCCSCc2ccccc2Cl)cc1C. The van der Waals surface area contributed by atoms with Gasteiger partial charge in [0.1, 0.15) is 5.75 Å². The minimum absolute atomic E-state index is 0.0394. The van der Waals surface area contributed by atoms with Crippen LogP contribution >= 0.6 is 23.4 Å². The van der Waals surface area contributed by atoms with Crippen molar-refractivity contribution in [2.45, 2.75) is 19.6 Å². The van der Waals surface area contributed by atoms with Gasteiger partial charge in [0, 0.05) is 23.1 Å². The molecular weight excluding hydrogens is 342 g/mol. The summed E-state index contributed by atoms with van der Waals surface area (Å²) in [6.07, 6.45) is 0. The minimum atomic E-state index is -0.105. The standard InChI is InChI=1S/C19H22ClNO2S/c1-14-7-8-17(11-15(14)2)23-12-19(22)21-9-10-24-13-16-5-3-4-6-18(16)20/h3-8,11H,9-10,12-13H2,1-2H3,(H,21,22). The molecule has 0 aliphatic rings. The van der Waals surface area contributed by atoms with Crippen LogP contribution in [-0.4, -0.2) is 24.8 Å². The molecule has 0 atom stereocenters. The first-order valence-electron chi connectivity index (χ1n) is 7.84. The Morgan fingerprint density at radius 3 is 2.71 bits per heavy atom. The maximum Gasteiger partial charge on any atom is 0.257 e. The van der Waals surface area contributed by atoms with E-state index in [9.17, 15) is 4.79 Å². The molecule has 0 saturated heterocycles. The van der Waals surface area contributed by atoms with Crippen molar-refractivity contribution in [1.82, 2.24) is 5.32 Å². The van der Waals surface area contributed by atoms with Gasteiger partial charge in [0.2, 0.25) is 0 Å². The van der Waals surface area contributed by atoms with Crippen LogP contribution in [0.4, 0.5) is 0 Å². The summed E-state index contributed by atoms with van der Waals surface area (Å²) in [6, 6.07) is 13.6. The first-order valence-corrected chi connectivity index (χ1v) is 9.37. The van der Waals surface area contributed by atoms with E-state index in [1.807, 2.05) is 56.3 Å². The number of aryl methyl sites for hydroxylation is 2. The normalized spacial score (nSPS) is 10.5. The second-order valence-corrected chi connectivity index (χ2v) is 7.04. The van der Waals surface area contributed by atoms with Gasteiger partial charge >= 0.3 is 0 Å². The van der Waals surface area contributed by atoms with Gasteiger partial charge in [0.15, 0.2) is 6.61 Å². The molecule has 1 N–H and O–H groups in total. The van der Waals surface area contributed by atoms with E-state index in [4.69, 9.17) is 16.3 Å². The van der Waals surface area contributed by atoms with Crippen LogP contribution in [0.5, 0.6) is 5.75 Å². The fourth-order valence-corrected chi connectivity index (χ4v) is 3.21. The quantitative estimate of drug-likeness (QED) is 0.707. The van der Waals surface area contributed by atoms with Gasteiger partial charge in [0.25, 0.3) is 5.91 Å². The Hall–Kier alpha value is -1.65. The van der Waals surface area contributed by atoms with E-state index in [0.717, 1.165) is 33.4 Å². The van der Waals surface area contributed by atoms with E-state index >= 15 is 0 Å². The summed E-state index contributed by atoms with van der Waals surface area (Å²) in [5.41, 5.74) is 3.49. The highest BCUT2D eigenvalue weighted by Gasteiger charge is 2.04. The van der Waals surface area contributed by atoms with Crippen molar-refractivity contribution in [3.63, 3.8) is 0 Å².